The number of phenolic OH excluding ortho intramolecular Hbond substituents is 1. The summed E-state index contributed by atoms with van der Waals surface area (Å²) in [5, 5.41) is 10.4. The van der Waals surface area contributed by atoms with Gasteiger partial charge in [-0.15, -0.1) is 0 Å². The molecule has 3 aliphatic rings. The Hall–Kier alpha value is -1.30. The van der Waals surface area contributed by atoms with Crippen molar-refractivity contribution in [2.24, 2.45) is 0 Å². The second-order valence-corrected chi connectivity index (χ2v) is 6.67. The maximum atomic E-state index is 10.4. The zero-order valence-corrected chi connectivity index (χ0v) is 11.9. The summed E-state index contributed by atoms with van der Waals surface area (Å²) in [5.74, 6) is 0.183. The topological polar surface area (TPSA) is 83.8 Å². The van der Waals surface area contributed by atoms with E-state index < -0.39 is 5.60 Å². The highest BCUT2D eigenvalue weighted by molar-refractivity contribution is 5.69. The van der Waals surface area contributed by atoms with Crippen molar-refractivity contribution in [1.29, 1.82) is 0 Å². The molecule has 0 aromatic heterocycles. The smallest absolute Gasteiger partial charge is 0.124 e. The molecule has 0 spiro atoms. The van der Waals surface area contributed by atoms with E-state index in [2.05, 4.69) is 0 Å². The van der Waals surface area contributed by atoms with Crippen LogP contribution in [0, 0.1) is 0 Å². The minimum Gasteiger partial charge on any atom is -0.507 e. The number of hydrogen-bond donors (Lipinski definition) is 2. The van der Waals surface area contributed by atoms with Gasteiger partial charge in [0.1, 0.15) is 22.6 Å². The summed E-state index contributed by atoms with van der Waals surface area (Å²) in [6, 6.07) is 1.77. The predicted octanol–water partition coefficient (Wildman–Crippen LogP) is 1.71. The van der Waals surface area contributed by atoms with Crippen molar-refractivity contribution in [3.05, 3.63) is 22.8 Å². The molecule has 3 N–H and O–H groups in total. The highest BCUT2D eigenvalue weighted by Crippen LogP contribution is 2.55. The Labute approximate surface area is 117 Å². The summed E-state index contributed by atoms with van der Waals surface area (Å²) in [5.41, 5.74) is 8.31. The van der Waals surface area contributed by atoms with Gasteiger partial charge >= 0.3 is 0 Å². The van der Waals surface area contributed by atoms with Gasteiger partial charge in [-0.3, -0.25) is 0 Å². The highest BCUT2D eigenvalue weighted by atomic mass is 16.6. The lowest BCUT2D eigenvalue weighted by atomic mass is 9.83. The molecule has 0 saturated carbocycles. The van der Waals surface area contributed by atoms with Crippen molar-refractivity contribution in [2.75, 3.05) is 25.6 Å². The van der Waals surface area contributed by atoms with Crippen molar-refractivity contribution in [1.82, 2.24) is 0 Å². The van der Waals surface area contributed by atoms with Crippen LogP contribution in [0.3, 0.4) is 0 Å². The standard InChI is InChI=1S/C15H19NO4/c1-13(5-18-13)8-4-9(17)11(15(3)7-20-15)12(16)10(8)14(2)6-19-14/h4,17H,5-7,16H2,1-3H3. The van der Waals surface area contributed by atoms with E-state index in [1.807, 2.05) is 20.8 Å². The molecule has 1 aromatic carbocycles. The average molecular weight is 277 g/mol. The van der Waals surface area contributed by atoms with E-state index in [1.165, 1.54) is 0 Å². The lowest BCUT2D eigenvalue weighted by molar-refractivity contribution is 0.300. The average Bonchev–Trinajstić information content (AvgIpc) is 3.23. The fourth-order valence-corrected chi connectivity index (χ4v) is 3.00. The molecule has 3 aliphatic heterocycles. The lowest BCUT2D eigenvalue weighted by Gasteiger charge is -2.23. The predicted molar refractivity (Wildman–Crippen MR) is 72.4 cm³/mol. The summed E-state index contributed by atoms with van der Waals surface area (Å²) >= 11 is 0. The van der Waals surface area contributed by atoms with E-state index in [9.17, 15) is 5.11 Å². The summed E-state index contributed by atoms with van der Waals surface area (Å²) in [4.78, 5) is 0. The summed E-state index contributed by atoms with van der Waals surface area (Å²) in [6.07, 6.45) is 0. The van der Waals surface area contributed by atoms with Gasteiger partial charge in [-0.1, -0.05) is 0 Å². The number of nitrogen functional groups attached to an aromatic ring is 1. The molecule has 3 saturated heterocycles. The van der Waals surface area contributed by atoms with Crippen LogP contribution in [0.1, 0.15) is 37.5 Å². The van der Waals surface area contributed by atoms with Crippen LogP contribution in [0.2, 0.25) is 0 Å². The molecule has 108 valence electrons. The monoisotopic (exact) mass is 277 g/mol. The zero-order valence-electron chi connectivity index (χ0n) is 11.9. The van der Waals surface area contributed by atoms with Gasteiger partial charge in [0.2, 0.25) is 0 Å². The van der Waals surface area contributed by atoms with Gasteiger partial charge in [0.25, 0.3) is 0 Å². The number of phenols is 1. The molecule has 0 aliphatic carbocycles. The van der Waals surface area contributed by atoms with Gasteiger partial charge in [-0.05, 0) is 32.4 Å². The van der Waals surface area contributed by atoms with Gasteiger partial charge in [0, 0.05) is 11.3 Å². The molecular weight excluding hydrogens is 258 g/mol. The second kappa shape index (κ2) is 3.30. The highest BCUT2D eigenvalue weighted by Gasteiger charge is 2.54. The minimum absolute atomic E-state index is 0.183. The van der Waals surface area contributed by atoms with Crippen LogP contribution in [-0.4, -0.2) is 24.9 Å². The molecule has 4 rings (SSSR count). The van der Waals surface area contributed by atoms with E-state index in [-0.39, 0.29) is 17.0 Å². The second-order valence-electron chi connectivity index (χ2n) is 6.67. The van der Waals surface area contributed by atoms with E-state index in [0.29, 0.717) is 31.1 Å². The molecule has 5 nitrogen and oxygen atoms in total. The molecule has 0 radical (unpaired) electrons. The Kier molecular flexibility index (Phi) is 2.05. The third-order valence-corrected chi connectivity index (χ3v) is 4.70. The summed E-state index contributed by atoms with van der Waals surface area (Å²) in [6.45, 7) is 7.82. The van der Waals surface area contributed by atoms with E-state index >= 15 is 0 Å². The minimum atomic E-state index is -0.474. The first-order chi connectivity index (χ1) is 9.29. The number of epoxide rings is 3. The molecule has 3 fully saturated rings. The van der Waals surface area contributed by atoms with E-state index in [0.717, 1.165) is 11.1 Å². The van der Waals surface area contributed by atoms with Crippen LogP contribution in [0.4, 0.5) is 5.69 Å². The fraction of sp³-hybridized carbons (Fsp3) is 0.600. The molecule has 3 atom stereocenters. The van der Waals surface area contributed by atoms with E-state index in [4.69, 9.17) is 19.9 Å². The molecule has 5 heteroatoms. The third kappa shape index (κ3) is 1.54. The quantitative estimate of drug-likeness (QED) is 0.649. The molecule has 3 heterocycles. The van der Waals surface area contributed by atoms with Crippen LogP contribution < -0.4 is 5.73 Å². The molecule has 0 bridgehead atoms. The molecule has 1 aromatic rings. The van der Waals surface area contributed by atoms with Crippen LogP contribution in [-0.2, 0) is 31.0 Å². The molecular formula is C15H19NO4. The maximum absolute atomic E-state index is 10.4. The van der Waals surface area contributed by atoms with Gasteiger partial charge in [0.05, 0.1) is 25.4 Å². The van der Waals surface area contributed by atoms with Gasteiger partial charge in [0.15, 0.2) is 0 Å². The van der Waals surface area contributed by atoms with Gasteiger partial charge < -0.3 is 25.1 Å². The summed E-state index contributed by atoms with van der Waals surface area (Å²) < 4.78 is 16.6. The first-order valence-electron chi connectivity index (χ1n) is 6.88. The fourth-order valence-electron chi connectivity index (χ4n) is 3.00. The number of hydrogen-bond acceptors (Lipinski definition) is 5. The van der Waals surface area contributed by atoms with Crippen molar-refractivity contribution in [2.45, 2.75) is 37.6 Å². The van der Waals surface area contributed by atoms with Crippen molar-refractivity contribution in [3.63, 3.8) is 0 Å². The van der Waals surface area contributed by atoms with Crippen LogP contribution in [0.25, 0.3) is 0 Å². The largest absolute Gasteiger partial charge is 0.507 e. The Morgan fingerprint density at radius 2 is 1.40 bits per heavy atom. The number of rotatable bonds is 3. The zero-order chi connectivity index (χ0) is 14.3. The van der Waals surface area contributed by atoms with Gasteiger partial charge in [-0.25, -0.2) is 0 Å². The Morgan fingerprint density at radius 1 is 0.950 bits per heavy atom. The number of benzene rings is 1. The first-order valence-corrected chi connectivity index (χ1v) is 6.88. The number of aromatic hydroxyl groups is 1. The van der Waals surface area contributed by atoms with Crippen molar-refractivity contribution < 1.29 is 19.3 Å². The van der Waals surface area contributed by atoms with Crippen LogP contribution in [0.15, 0.2) is 6.07 Å². The maximum Gasteiger partial charge on any atom is 0.124 e. The van der Waals surface area contributed by atoms with Gasteiger partial charge in [-0.2, -0.15) is 0 Å². The van der Waals surface area contributed by atoms with Crippen molar-refractivity contribution in [3.8, 4) is 5.75 Å². The first kappa shape index (κ1) is 12.4. The van der Waals surface area contributed by atoms with Crippen molar-refractivity contribution >= 4 is 5.69 Å². The Balaban J connectivity index is 1.98. The molecule has 20 heavy (non-hydrogen) atoms. The van der Waals surface area contributed by atoms with Crippen LogP contribution in [0.5, 0.6) is 5.75 Å². The number of anilines is 1. The van der Waals surface area contributed by atoms with E-state index in [1.54, 1.807) is 6.07 Å². The Bertz CT molecular complexity index is 613. The SMILES string of the molecule is CC1(c2cc(O)c(C3(C)CO3)c(N)c2C2(C)CO2)CO1. The third-order valence-electron chi connectivity index (χ3n) is 4.70. The van der Waals surface area contributed by atoms with Crippen LogP contribution >= 0.6 is 0 Å². The number of ether oxygens (including phenoxy) is 3. The lowest BCUT2D eigenvalue weighted by Crippen LogP contribution is -2.20. The normalized spacial score (nSPS) is 41.5. The molecule has 3 unspecified atom stereocenters. The molecule has 0 amide bonds. The number of nitrogens with two attached hydrogens (primary N) is 1. The summed E-state index contributed by atoms with van der Waals surface area (Å²) in [7, 11) is 0. The Morgan fingerprint density at radius 3 is 1.85 bits per heavy atom.